The van der Waals surface area contributed by atoms with E-state index >= 15 is 0 Å². The van der Waals surface area contributed by atoms with Crippen molar-refractivity contribution in [2.24, 2.45) is 0 Å². The van der Waals surface area contributed by atoms with Crippen LogP contribution in [0.15, 0.2) is 41.1 Å². The van der Waals surface area contributed by atoms with Gasteiger partial charge >= 0.3 is 0 Å². The second-order valence-electron chi connectivity index (χ2n) is 7.54. The van der Waals surface area contributed by atoms with E-state index in [4.69, 9.17) is 27.7 Å². The third-order valence-corrected chi connectivity index (χ3v) is 5.99. The quantitative estimate of drug-likeness (QED) is 0.598. The molecule has 1 aliphatic heterocycles. The standard InChI is InChI=1S/C21H19Cl2N5O2/c22-15-4-5-17(23)16(11-15)21(29)28-9-7-27(8-10-28)18-6-3-14(12-24-18)19-25-20(30-26-19)13-1-2-13/h3-6,11-13H,1-2,7-10H2. The van der Waals surface area contributed by atoms with Gasteiger partial charge in [0.1, 0.15) is 5.82 Å². The maximum Gasteiger partial charge on any atom is 0.255 e. The van der Waals surface area contributed by atoms with E-state index in [1.54, 1.807) is 29.3 Å². The van der Waals surface area contributed by atoms with Crippen LogP contribution >= 0.6 is 23.2 Å². The fraction of sp³-hybridized carbons (Fsp3) is 0.333. The number of anilines is 1. The normalized spacial score (nSPS) is 16.7. The zero-order valence-corrected chi connectivity index (χ0v) is 17.6. The Hall–Kier alpha value is -2.64. The number of hydrogen-bond donors (Lipinski definition) is 0. The summed E-state index contributed by atoms with van der Waals surface area (Å²) < 4.78 is 5.32. The van der Waals surface area contributed by atoms with Crippen molar-refractivity contribution in [2.45, 2.75) is 18.8 Å². The maximum absolute atomic E-state index is 12.8. The molecule has 0 atom stereocenters. The number of nitrogens with zero attached hydrogens (tertiary/aromatic N) is 5. The summed E-state index contributed by atoms with van der Waals surface area (Å²) in [6, 6.07) is 8.85. The van der Waals surface area contributed by atoms with E-state index in [0.29, 0.717) is 53.5 Å². The van der Waals surface area contributed by atoms with Crippen LogP contribution in [-0.2, 0) is 0 Å². The number of piperazine rings is 1. The zero-order chi connectivity index (χ0) is 20.7. The van der Waals surface area contributed by atoms with E-state index in [-0.39, 0.29) is 5.91 Å². The monoisotopic (exact) mass is 443 g/mol. The van der Waals surface area contributed by atoms with Crippen molar-refractivity contribution >= 4 is 34.9 Å². The van der Waals surface area contributed by atoms with Crippen LogP contribution in [0, 0.1) is 0 Å². The lowest BCUT2D eigenvalue weighted by Gasteiger charge is -2.35. The summed E-state index contributed by atoms with van der Waals surface area (Å²) in [6.07, 6.45) is 4.01. The third-order valence-electron chi connectivity index (χ3n) is 5.42. The fourth-order valence-electron chi connectivity index (χ4n) is 3.52. The number of carbonyl (C=O) groups is 1. The Balaban J connectivity index is 1.23. The van der Waals surface area contributed by atoms with E-state index in [2.05, 4.69) is 20.0 Å². The smallest absolute Gasteiger partial charge is 0.255 e. The molecule has 0 N–H and O–H groups in total. The van der Waals surface area contributed by atoms with E-state index in [1.165, 1.54) is 0 Å². The van der Waals surface area contributed by atoms with Crippen molar-refractivity contribution in [2.75, 3.05) is 31.1 Å². The maximum atomic E-state index is 12.8. The van der Waals surface area contributed by atoms with Crippen LogP contribution in [0.3, 0.4) is 0 Å². The lowest BCUT2D eigenvalue weighted by molar-refractivity contribution is 0.0746. The van der Waals surface area contributed by atoms with Crippen LogP contribution in [0.2, 0.25) is 10.0 Å². The van der Waals surface area contributed by atoms with Gasteiger partial charge in [-0.25, -0.2) is 4.98 Å². The molecular weight excluding hydrogens is 425 g/mol. The number of rotatable bonds is 4. The molecule has 3 heterocycles. The van der Waals surface area contributed by atoms with Crippen molar-refractivity contribution in [3.8, 4) is 11.4 Å². The van der Waals surface area contributed by atoms with Crippen LogP contribution in [0.4, 0.5) is 5.82 Å². The SMILES string of the molecule is O=C(c1cc(Cl)ccc1Cl)N1CCN(c2ccc(-c3noc(C4CC4)n3)cn2)CC1. The van der Waals surface area contributed by atoms with Crippen molar-refractivity contribution in [3.05, 3.63) is 58.0 Å². The van der Waals surface area contributed by atoms with Gasteiger partial charge in [0.25, 0.3) is 5.91 Å². The first-order valence-electron chi connectivity index (χ1n) is 9.88. The summed E-state index contributed by atoms with van der Waals surface area (Å²) in [6.45, 7) is 2.54. The summed E-state index contributed by atoms with van der Waals surface area (Å²) in [5.74, 6) is 2.48. The average molecular weight is 444 g/mol. The summed E-state index contributed by atoms with van der Waals surface area (Å²) in [5, 5.41) is 4.97. The van der Waals surface area contributed by atoms with Crippen molar-refractivity contribution in [1.82, 2.24) is 20.0 Å². The lowest BCUT2D eigenvalue weighted by atomic mass is 10.1. The molecule has 1 saturated heterocycles. The number of aromatic nitrogens is 3. The molecule has 2 aliphatic rings. The molecule has 0 bridgehead atoms. The lowest BCUT2D eigenvalue weighted by Crippen LogP contribution is -2.49. The highest BCUT2D eigenvalue weighted by Crippen LogP contribution is 2.39. The second kappa shape index (κ2) is 7.89. The molecule has 30 heavy (non-hydrogen) atoms. The number of halogens is 2. The van der Waals surface area contributed by atoms with E-state index in [9.17, 15) is 4.79 Å². The van der Waals surface area contributed by atoms with E-state index < -0.39 is 0 Å². The number of carbonyl (C=O) groups excluding carboxylic acids is 1. The predicted octanol–water partition coefficient (Wildman–Crippen LogP) is 4.28. The Morgan fingerprint density at radius 2 is 1.87 bits per heavy atom. The van der Waals surface area contributed by atoms with Crippen molar-refractivity contribution in [1.29, 1.82) is 0 Å². The first-order valence-corrected chi connectivity index (χ1v) is 10.6. The van der Waals surface area contributed by atoms with Crippen LogP contribution < -0.4 is 4.90 Å². The Morgan fingerprint density at radius 1 is 1.07 bits per heavy atom. The zero-order valence-electron chi connectivity index (χ0n) is 16.1. The second-order valence-corrected chi connectivity index (χ2v) is 8.38. The van der Waals surface area contributed by atoms with Gasteiger partial charge in [0.15, 0.2) is 0 Å². The molecule has 2 fully saturated rings. The Morgan fingerprint density at radius 3 is 2.57 bits per heavy atom. The molecule has 0 unspecified atom stereocenters. The van der Waals surface area contributed by atoms with Gasteiger partial charge in [-0.3, -0.25) is 4.79 Å². The molecule has 5 rings (SSSR count). The summed E-state index contributed by atoms with van der Waals surface area (Å²) >= 11 is 12.2. The van der Waals surface area contributed by atoms with Gasteiger partial charge in [-0.1, -0.05) is 28.4 Å². The molecule has 1 aromatic carbocycles. The Labute approximate surface area is 183 Å². The number of pyridine rings is 1. The molecule has 0 radical (unpaired) electrons. The molecule has 154 valence electrons. The fourth-order valence-corrected chi connectivity index (χ4v) is 3.89. The van der Waals surface area contributed by atoms with Crippen LogP contribution in [-0.4, -0.2) is 52.1 Å². The molecule has 3 aromatic rings. The van der Waals surface area contributed by atoms with Crippen LogP contribution in [0.1, 0.15) is 35.0 Å². The largest absolute Gasteiger partial charge is 0.353 e. The van der Waals surface area contributed by atoms with Gasteiger partial charge in [0.2, 0.25) is 11.7 Å². The molecular formula is C21H19Cl2N5O2. The van der Waals surface area contributed by atoms with Gasteiger partial charge in [0, 0.05) is 48.9 Å². The predicted molar refractivity (Wildman–Crippen MR) is 114 cm³/mol. The van der Waals surface area contributed by atoms with E-state index in [1.807, 2.05) is 12.1 Å². The molecule has 2 aromatic heterocycles. The van der Waals surface area contributed by atoms with Crippen LogP contribution in [0.25, 0.3) is 11.4 Å². The highest BCUT2D eigenvalue weighted by molar-refractivity contribution is 6.35. The summed E-state index contributed by atoms with van der Waals surface area (Å²) in [5.41, 5.74) is 1.27. The first kappa shape index (κ1) is 19.3. The van der Waals surface area contributed by atoms with Gasteiger partial charge in [-0.15, -0.1) is 0 Å². The average Bonchev–Trinajstić information content (AvgIpc) is 3.52. The molecule has 1 amide bonds. The number of benzene rings is 1. The van der Waals surface area contributed by atoms with Gasteiger partial charge in [0.05, 0.1) is 10.6 Å². The molecule has 1 aliphatic carbocycles. The Kier molecular flexibility index (Phi) is 5.08. The number of hydrogen-bond acceptors (Lipinski definition) is 6. The molecule has 7 nitrogen and oxygen atoms in total. The highest BCUT2D eigenvalue weighted by Gasteiger charge is 2.30. The topological polar surface area (TPSA) is 75.4 Å². The highest BCUT2D eigenvalue weighted by atomic mass is 35.5. The van der Waals surface area contributed by atoms with Gasteiger partial charge in [-0.05, 0) is 43.2 Å². The number of amides is 1. The van der Waals surface area contributed by atoms with Gasteiger partial charge < -0.3 is 14.3 Å². The van der Waals surface area contributed by atoms with Crippen molar-refractivity contribution < 1.29 is 9.32 Å². The van der Waals surface area contributed by atoms with E-state index in [0.717, 1.165) is 30.1 Å². The van der Waals surface area contributed by atoms with Crippen molar-refractivity contribution in [3.63, 3.8) is 0 Å². The minimum atomic E-state index is -0.103. The Bertz CT molecular complexity index is 1070. The minimum Gasteiger partial charge on any atom is -0.353 e. The molecule has 0 spiro atoms. The summed E-state index contributed by atoms with van der Waals surface area (Å²) in [4.78, 5) is 25.8. The third kappa shape index (κ3) is 3.87. The molecule has 9 heteroatoms. The minimum absolute atomic E-state index is 0.103. The first-order chi connectivity index (χ1) is 14.6. The van der Waals surface area contributed by atoms with Gasteiger partial charge in [-0.2, -0.15) is 4.98 Å². The van der Waals surface area contributed by atoms with Crippen LogP contribution in [0.5, 0.6) is 0 Å². The molecule has 1 saturated carbocycles. The summed E-state index contributed by atoms with van der Waals surface area (Å²) in [7, 11) is 0.